The molecule has 1 heterocycles. The number of nitriles is 1. The molecule has 1 unspecified atom stereocenters. The van der Waals surface area contributed by atoms with Crippen LogP contribution in [-0.4, -0.2) is 12.5 Å². The Labute approximate surface area is 99.5 Å². The SMILES string of the molecule is CCC(C#N)C(=O)N1CCc2ccc(F)cc21. The quantitative estimate of drug-likeness (QED) is 0.785. The maximum Gasteiger partial charge on any atom is 0.244 e. The third-order valence-corrected chi connectivity index (χ3v) is 3.07. The lowest BCUT2D eigenvalue weighted by Gasteiger charge is -2.19. The molecule has 0 fully saturated rings. The van der Waals surface area contributed by atoms with Crippen molar-refractivity contribution in [1.29, 1.82) is 5.26 Å². The molecule has 0 bridgehead atoms. The number of halogens is 1. The van der Waals surface area contributed by atoms with E-state index in [1.165, 1.54) is 17.0 Å². The molecule has 2 rings (SSSR count). The van der Waals surface area contributed by atoms with Crippen LogP contribution < -0.4 is 4.90 Å². The van der Waals surface area contributed by atoms with Gasteiger partial charge in [0.2, 0.25) is 5.91 Å². The van der Waals surface area contributed by atoms with E-state index >= 15 is 0 Å². The van der Waals surface area contributed by atoms with Gasteiger partial charge in [-0.25, -0.2) is 4.39 Å². The van der Waals surface area contributed by atoms with Crippen LogP contribution in [0, 0.1) is 23.1 Å². The van der Waals surface area contributed by atoms with Crippen molar-refractivity contribution >= 4 is 11.6 Å². The van der Waals surface area contributed by atoms with Gasteiger partial charge in [-0.1, -0.05) is 13.0 Å². The van der Waals surface area contributed by atoms with Crippen molar-refractivity contribution in [3.05, 3.63) is 29.6 Å². The fourth-order valence-electron chi connectivity index (χ4n) is 2.09. The van der Waals surface area contributed by atoms with E-state index < -0.39 is 5.92 Å². The van der Waals surface area contributed by atoms with Crippen molar-refractivity contribution in [2.24, 2.45) is 5.92 Å². The molecule has 1 amide bonds. The van der Waals surface area contributed by atoms with Gasteiger partial charge >= 0.3 is 0 Å². The molecule has 3 nitrogen and oxygen atoms in total. The molecule has 0 spiro atoms. The fourth-order valence-corrected chi connectivity index (χ4v) is 2.09. The van der Waals surface area contributed by atoms with Crippen molar-refractivity contribution in [3.8, 4) is 6.07 Å². The van der Waals surface area contributed by atoms with Gasteiger partial charge in [-0.3, -0.25) is 4.79 Å². The molecular formula is C13H13FN2O. The van der Waals surface area contributed by atoms with Gasteiger partial charge in [0.1, 0.15) is 11.7 Å². The van der Waals surface area contributed by atoms with E-state index in [1.807, 2.05) is 6.07 Å². The monoisotopic (exact) mass is 232 g/mol. The van der Waals surface area contributed by atoms with Crippen LogP contribution in [-0.2, 0) is 11.2 Å². The number of rotatable bonds is 2. The molecule has 0 N–H and O–H groups in total. The van der Waals surface area contributed by atoms with Crippen LogP contribution in [0.1, 0.15) is 18.9 Å². The molecule has 1 aromatic rings. The Morgan fingerprint density at radius 3 is 3.06 bits per heavy atom. The highest BCUT2D eigenvalue weighted by atomic mass is 19.1. The summed E-state index contributed by atoms with van der Waals surface area (Å²) >= 11 is 0. The fraction of sp³-hybridized carbons (Fsp3) is 0.385. The molecule has 88 valence electrons. The highest BCUT2D eigenvalue weighted by Crippen LogP contribution is 2.30. The van der Waals surface area contributed by atoms with E-state index in [2.05, 4.69) is 0 Å². The zero-order chi connectivity index (χ0) is 12.4. The van der Waals surface area contributed by atoms with E-state index in [4.69, 9.17) is 5.26 Å². The Bertz CT molecular complexity index is 493. The van der Waals surface area contributed by atoms with Crippen LogP contribution in [0.25, 0.3) is 0 Å². The van der Waals surface area contributed by atoms with Gasteiger partial charge in [0, 0.05) is 12.2 Å². The number of benzene rings is 1. The molecule has 0 saturated carbocycles. The number of anilines is 1. The third-order valence-electron chi connectivity index (χ3n) is 3.07. The summed E-state index contributed by atoms with van der Waals surface area (Å²) in [5, 5.41) is 8.89. The maximum atomic E-state index is 13.2. The molecule has 1 aromatic carbocycles. The van der Waals surface area contributed by atoms with E-state index in [0.29, 0.717) is 18.7 Å². The molecule has 1 aliphatic heterocycles. The summed E-state index contributed by atoms with van der Waals surface area (Å²) in [7, 11) is 0. The lowest BCUT2D eigenvalue weighted by Crippen LogP contribution is -2.34. The number of fused-ring (bicyclic) bond motifs is 1. The Hall–Kier alpha value is -1.89. The molecule has 17 heavy (non-hydrogen) atoms. The molecule has 4 heteroatoms. The van der Waals surface area contributed by atoms with Crippen LogP contribution >= 0.6 is 0 Å². The summed E-state index contributed by atoms with van der Waals surface area (Å²) in [6.45, 7) is 2.34. The largest absolute Gasteiger partial charge is 0.311 e. The number of nitrogens with zero attached hydrogens (tertiary/aromatic N) is 2. The second-order valence-electron chi connectivity index (χ2n) is 4.10. The summed E-state index contributed by atoms with van der Waals surface area (Å²) in [6.07, 6.45) is 1.21. The van der Waals surface area contributed by atoms with Crippen LogP contribution in [0.3, 0.4) is 0 Å². The van der Waals surface area contributed by atoms with E-state index in [1.54, 1.807) is 13.0 Å². The van der Waals surface area contributed by atoms with Crippen LogP contribution in [0.15, 0.2) is 18.2 Å². The Kier molecular flexibility index (Phi) is 3.10. The highest BCUT2D eigenvalue weighted by molar-refractivity contribution is 5.98. The molecule has 0 saturated heterocycles. The standard InChI is InChI=1S/C13H13FN2O/c1-2-9(8-15)13(17)16-6-5-10-3-4-11(14)7-12(10)16/h3-4,7,9H,2,5-6H2,1H3. The van der Waals surface area contributed by atoms with Crippen molar-refractivity contribution in [2.45, 2.75) is 19.8 Å². The zero-order valence-electron chi connectivity index (χ0n) is 9.61. The van der Waals surface area contributed by atoms with Gasteiger partial charge in [0.15, 0.2) is 0 Å². The number of hydrogen-bond acceptors (Lipinski definition) is 2. The normalized spacial score (nSPS) is 15.2. The first-order chi connectivity index (χ1) is 8.17. The summed E-state index contributed by atoms with van der Waals surface area (Å²) in [6, 6.07) is 6.45. The summed E-state index contributed by atoms with van der Waals surface area (Å²) in [5.41, 5.74) is 1.58. The van der Waals surface area contributed by atoms with Gasteiger partial charge < -0.3 is 4.90 Å². The molecule has 0 aliphatic carbocycles. The van der Waals surface area contributed by atoms with Gasteiger partial charge in [-0.2, -0.15) is 5.26 Å². The summed E-state index contributed by atoms with van der Waals surface area (Å²) in [4.78, 5) is 13.6. The first-order valence-electron chi connectivity index (χ1n) is 5.66. The second kappa shape index (κ2) is 4.54. The average Bonchev–Trinajstić information content (AvgIpc) is 2.73. The zero-order valence-corrected chi connectivity index (χ0v) is 9.61. The highest BCUT2D eigenvalue weighted by Gasteiger charge is 2.29. The number of carbonyl (C=O) groups is 1. The topological polar surface area (TPSA) is 44.1 Å². The van der Waals surface area contributed by atoms with Crippen LogP contribution in [0.4, 0.5) is 10.1 Å². The van der Waals surface area contributed by atoms with E-state index in [9.17, 15) is 9.18 Å². The Morgan fingerprint density at radius 2 is 2.41 bits per heavy atom. The lowest BCUT2D eigenvalue weighted by molar-refractivity contribution is -0.120. The van der Waals surface area contributed by atoms with Crippen LogP contribution in [0.5, 0.6) is 0 Å². The van der Waals surface area contributed by atoms with Gasteiger partial charge in [0.05, 0.1) is 6.07 Å². The van der Waals surface area contributed by atoms with Gasteiger partial charge in [-0.15, -0.1) is 0 Å². The molecular weight excluding hydrogens is 219 g/mol. The van der Waals surface area contributed by atoms with Gasteiger partial charge in [-0.05, 0) is 30.5 Å². The van der Waals surface area contributed by atoms with Crippen LogP contribution in [0.2, 0.25) is 0 Å². The number of hydrogen-bond donors (Lipinski definition) is 0. The van der Waals surface area contributed by atoms with Gasteiger partial charge in [0.25, 0.3) is 0 Å². The predicted octanol–water partition coefficient (Wildman–Crippen LogP) is 2.26. The molecule has 1 aliphatic rings. The van der Waals surface area contributed by atoms with E-state index in [0.717, 1.165) is 12.0 Å². The summed E-state index contributed by atoms with van der Waals surface area (Å²) < 4.78 is 13.2. The third kappa shape index (κ3) is 2.01. The van der Waals surface area contributed by atoms with Crippen molar-refractivity contribution in [1.82, 2.24) is 0 Å². The first-order valence-corrected chi connectivity index (χ1v) is 5.66. The molecule has 0 radical (unpaired) electrons. The van der Waals surface area contributed by atoms with E-state index in [-0.39, 0.29) is 11.7 Å². The van der Waals surface area contributed by atoms with Crippen molar-refractivity contribution in [3.63, 3.8) is 0 Å². The number of amides is 1. The first kappa shape index (κ1) is 11.6. The minimum atomic E-state index is -0.635. The molecule has 1 atom stereocenters. The predicted molar refractivity (Wildman–Crippen MR) is 61.9 cm³/mol. The smallest absolute Gasteiger partial charge is 0.244 e. The number of carbonyl (C=O) groups excluding carboxylic acids is 1. The maximum absolute atomic E-state index is 13.2. The van der Waals surface area contributed by atoms with Crippen molar-refractivity contribution < 1.29 is 9.18 Å². The minimum absolute atomic E-state index is 0.223. The minimum Gasteiger partial charge on any atom is -0.311 e. The Balaban J connectivity index is 2.31. The second-order valence-corrected chi connectivity index (χ2v) is 4.10. The summed E-state index contributed by atoms with van der Waals surface area (Å²) in [5.74, 6) is -1.21. The average molecular weight is 232 g/mol. The molecule has 0 aromatic heterocycles. The van der Waals surface area contributed by atoms with Crippen molar-refractivity contribution in [2.75, 3.05) is 11.4 Å². The Morgan fingerprint density at radius 1 is 1.65 bits per heavy atom. The lowest BCUT2D eigenvalue weighted by atomic mass is 10.1.